The topological polar surface area (TPSA) is 513 Å². The van der Waals surface area contributed by atoms with Gasteiger partial charge in [-0.2, -0.15) is 50.5 Å². The Morgan fingerprint density at radius 3 is 1.58 bits per heavy atom. The highest BCUT2D eigenvalue weighted by molar-refractivity contribution is 7.80. The van der Waals surface area contributed by atoms with Crippen LogP contribution in [-0.4, -0.2) is 225 Å². The lowest BCUT2D eigenvalue weighted by atomic mass is 9.99. The Balaban J connectivity index is 2.10. The normalized spacial score (nSPS) is 16.8. The van der Waals surface area contributed by atoms with Crippen molar-refractivity contribution in [1.82, 2.24) is 63.4 Å². The number of primary amides is 1. The molecule has 1 aliphatic rings. The maximum Gasteiger partial charge on any atom is 0.327 e. The molecule has 0 saturated carbocycles. The summed E-state index contributed by atoms with van der Waals surface area (Å²) in [5, 5.41) is 55.5. The van der Waals surface area contributed by atoms with E-state index in [-0.39, 0.29) is 73.5 Å². The number of aliphatic hydroxyl groups excluding tert-OH is 1. The number of unbranched alkanes of at least 4 members (excludes halogenated alkanes) is 1. The van der Waals surface area contributed by atoms with Gasteiger partial charge in [-0.25, -0.2) is 4.79 Å². The first kappa shape index (κ1) is 78.0. The number of likely N-dealkylation sites (tertiary alicyclic amines) is 1. The van der Waals surface area contributed by atoms with Gasteiger partial charge in [-0.15, -0.1) is 0 Å². The number of carboxylic acid groups (broad SMARTS) is 1. The van der Waals surface area contributed by atoms with E-state index < -0.39 is 175 Å². The highest BCUT2D eigenvalue weighted by atomic mass is 32.1. The zero-order valence-corrected chi connectivity index (χ0v) is 53.2. The van der Waals surface area contributed by atoms with E-state index in [9.17, 15) is 82.4 Å². The molecule has 0 unspecified atom stereocenters. The van der Waals surface area contributed by atoms with Crippen LogP contribution in [0, 0.1) is 5.92 Å². The molecule has 1 aliphatic heterocycles. The minimum absolute atomic E-state index is 0.0214. The third-order valence-corrected chi connectivity index (χ3v) is 15.5. The summed E-state index contributed by atoms with van der Waals surface area (Å²) in [6.45, 7) is 4.60. The van der Waals surface area contributed by atoms with Crippen LogP contribution in [0.15, 0.2) is 24.3 Å². The van der Waals surface area contributed by atoms with Crippen molar-refractivity contribution in [2.75, 3.05) is 49.3 Å². The lowest BCUT2D eigenvalue weighted by molar-refractivity contribution is -0.143. The predicted octanol–water partition coefficient (Wildman–Crippen LogP) is -6.90. The lowest BCUT2D eigenvalue weighted by Crippen LogP contribution is -2.60. The van der Waals surface area contributed by atoms with Gasteiger partial charge in [-0.3, -0.25) is 62.3 Å². The van der Waals surface area contributed by atoms with Crippen molar-refractivity contribution in [1.29, 1.82) is 0 Å². The number of rotatable bonds is 39. The molecular weight excluding hydrogens is 1250 g/mol. The Kier molecular flexibility index (Phi) is 34.9. The number of phenolic OH excluding ortho intramolecular Hbond substituents is 1. The van der Waals surface area contributed by atoms with Crippen LogP contribution in [0.3, 0.4) is 0 Å². The third kappa shape index (κ3) is 26.1. The molecule has 0 spiro atoms. The van der Waals surface area contributed by atoms with E-state index >= 15 is 0 Å². The van der Waals surface area contributed by atoms with Gasteiger partial charge in [-0.05, 0) is 76.1 Å². The molecule has 1 aromatic carbocycles. The minimum atomic E-state index is -1.68. The van der Waals surface area contributed by atoms with Gasteiger partial charge in [0.05, 0.1) is 25.6 Å². The molecule has 13 atom stereocenters. The number of nitrogens with zero attached hydrogens (tertiary/aromatic N) is 1. The van der Waals surface area contributed by atoms with Crippen molar-refractivity contribution in [2.45, 2.75) is 152 Å². The zero-order chi connectivity index (χ0) is 67.2. The van der Waals surface area contributed by atoms with Crippen molar-refractivity contribution < 1.29 is 82.4 Å². The number of aliphatic carboxylic acids is 1. The van der Waals surface area contributed by atoms with E-state index in [1.807, 2.05) is 6.92 Å². The third-order valence-electron chi connectivity index (χ3n) is 14.0. The van der Waals surface area contributed by atoms with E-state index in [1.165, 1.54) is 38.1 Å². The Morgan fingerprint density at radius 1 is 0.596 bits per heavy atom. The molecule has 0 bridgehead atoms. The van der Waals surface area contributed by atoms with E-state index in [0.29, 0.717) is 24.8 Å². The summed E-state index contributed by atoms with van der Waals surface area (Å²) in [5.41, 5.74) is 17.5. The summed E-state index contributed by atoms with van der Waals surface area (Å²) in [6.07, 6.45) is 0.646. The minimum Gasteiger partial charge on any atom is -0.508 e. The van der Waals surface area contributed by atoms with Crippen molar-refractivity contribution in [3.8, 4) is 5.75 Å². The first-order valence-corrected chi connectivity index (χ1v) is 30.9. The molecule has 1 aromatic rings. The number of aromatic hydroxyl groups is 1. The SMILES string of the molecule is CC[C@H](C)[C@H](N)C(=O)N[C@@H](CS)C(=O)N[C@@H](CS)C(=O)N[C@@H](CC(N)=O)C(=O)N1CCC[C@H]1C(=O)N[C@@H](C)C(=O)N[C@@H](CS)C(=O)NCC(=O)N[C@@H](C)C(=O)N[C@@H](CCCCN)C(=O)N[C@@H](Cc1ccc(O)cc1)C(=O)N[C@@H](CO)C(=O)N[C@@H](CS)C(=O)O. The number of nitrogens with one attached hydrogen (secondary N) is 11. The second kappa shape index (κ2) is 39.8. The van der Waals surface area contributed by atoms with Crippen LogP contribution in [0.5, 0.6) is 5.75 Å². The number of carboxylic acids is 1. The molecule has 2 rings (SSSR count). The Bertz CT molecular complexity index is 2650. The lowest BCUT2D eigenvalue weighted by Gasteiger charge is -2.30. The van der Waals surface area contributed by atoms with Crippen molar-refractivity contribution in [3.05, 3.63) is 29.8 Å². The van der Waals surface area contributed by atoms with Crippen LogP contribution in [0.25, 0.3) is 0 Å². The van der Waals surface area contributed by atoms with Gasteiger partial charge in [0.15, 0.2) is 0 Å². The maximum absolute atomic E-state index is 14.0. The van der Waals surface area contributed by atoms with Crippen molar-refractivity contribution in [3.63, 3.8) is 0 Å². The molecule has 20 N–H and O–H groups in total. The van der Waals surface area contributed by atoms with Crippen LogP contribution in [0.2, 0.25) is 0 Å². The van der Waals surface area contributed by atoms with Crippen molar-refractivity contribution >= 4 is 133 Å². The number of hydrogen-bond acceptors (Lipinski definition) is 22. The molecule has 13 amide bonds. The van der Waals surface area contributed by atoms with Gasteiger partial charge in [0.1, 0.15) is 72.2 Å². The molecular formula is C53H85N15O17S4. The number of thiol groups is 4. The highest BCUT2D eigenvalue weighted by Crippen LogP contribution is 2.20. The first-order valence-electron chi connectivity index (χ1n) is 28.4. The number of benzene rings is 1. The second-order valence-corrected chi connectivity index (χ2v) is 22.4. The summed E-state index contributed by atoms with van der Waals surface area (Å²) in [6, 6.07) is -11.0. The molecule has 0 aliphatic carbocycles. The van der Waals surface area contributed by atoms with Gasteiger partial charge in [0.2, 0.25) is 76.8 Å². The standard InChI is InChI=1S/C53H85N15O17S4/c1-5-25(2)41(56)51(82)66-36(23-88)49(80)65-35(22-87)48(79)62-32(18-39(55)71)52(83)68-16-8-10-38(68)50(81)59-27(4)43(74)64-34(21-86)44(75)57-19-40(72)58-26(3)42(73)60-30(9-6-7-15-54)45(76)61-31(17-28-11-13-29(70)14-12-28)46(77)63-33(20-69)47(78)67-37(24-89)53(84)85/h11-14,25-27,30-38,41,69-70,86-89H,5-10,15-24,54,56H2,1-4H3,(H2,55,71)(H,57,75)(H,58,72)(H,59,81)(H,60,73)(H,61,76)(H,62,79)(H,63,77)(H,64,74)(H,65,80)(H,66,82)(H,67,78)(H,84,85)/t25-,26-,27-,30-,31-,32-,33-,34-,35-,36-,37-,38-,41-/m0/s1. The van der Waals surface area contributed by atoms with Gasteiger partial charge >= 0.3 is 5.97 Å². The summed E-state index contributed by atoms with van der Waals surface area (Å²) in [5.74, 6) is -14.6. The summed E-state index contributed by atoms with van der Waals surface area (Å²) in [4.78, 5) is 185. The largest absolute Gasteiger partial charge is 0.508 e. The van der Waals surface area contributed by atoms with Crippen LogP contribution >= 0.6 is 50.5 Å². The summed E-state index contributed by atoms with van der Waals surface area (Å²) in [7, 11) is 0. The maximum atomic E-state index is 14.0. The van der Waals surface area contributed by atoms with Gasteiger partial charge in [0, 0.05) is 36.0 Å². The average molecular weight is 1330 g/mol. The van der Waals surface area contributed by atoms with Gasteiger partial charge in [-0.1, -0.05) is 32.4 Å². The van der Waals surface area contributed by atoms with E-state index in [2.05, 4.69) is 109 Å². The number of carbonyl (C=O) groups is 14. The molecule has 36 heteroatoms. The second-order valence-electron chi connectivity index (χ2n) is 20.9. The number of nitrogens with two attached hydrogens (primary N) is 3. The average Bonchev–Trinajstić information content (AvgIpc) is 2.17. The van der Waals surface area contributed by atoms with Gasteiger partial charge in [0.25, 0.3) is 0 Å². The van der Waals surface area contributed by atoms with Crippen molar-refractivity contribution in [2.24, 2.45) is 23.1 Å². The molecule has 0 aromatic heterocycles. The van der Waals surface area contributed by atoms with Crippen LogP contribution in [0.4, 0.5) is 0 Å². The fourth-order valence-corrected chi connectivity index (χ4v) is 9.48. The smallest absolute Gasteiger partial charge is 0.327 e. The molecule has 0 radical (unpaired) electrons. The monoisotopic (exact) mass is 1330 g/mol. The Labute approximate surface area is 536 Å². The fraction of sp³-hybridized carbons (Fsp3) is 0.623. The number of amides is 13. The highest BCUT2D eigenvalue weighted by Gasteiger charge is 2.41. The number of phenols is 1. The molecule has 498 valence electrons. The Hall–Kier alpha value is -7.12. The van der Waals surface area contributed by atoms with E-state index in [1.54, 1.807) is 6.92 Å². The van der Waals surface area contributed by atoms with E-state index in [4.69, 9.17) is 17.2 Å². The molecule has 1 fully saturated rings. The molecule has 1 heterocycles. The summed E-state index contributed by atoms with van der Waals surface area (Å²) >= 11 is 16.3. The Morgan fingerprint density at radius 2 is 1.06 bits per heavy atom. The number of hydrogen-bond donors (Lipinski definition) is 21. The molecule has 1 saturated heterocycles. The fourth-order valence-electron chi connectivity index (χ4n) is 8.46. The quantitative estimate of drug-likeness (QED) is 0.0215. The van der Waals surface area contributed by atoms with Gasteiger partial charge < -0.3 is 95.9 Å². The molecule has 32 nitrogen and oxygen atoms in total. The van der Waals surface area contributed by atoms with Crippen LogP contribution in [0.1, 0.15) is 78.2 Å². The van der Waals surface area contributed by atoms with E-state index in [0.717, 1.165) is 4.90 Å². The van der Waals surface area contributed by atoms with Crippen LogP contribution < -0.4 is 75.7 Å². The van der Waals surface area contributed by atoms with Crippen LogP contribution in [-0.2, 0) is 73.5 Å². The first-order chi connectivity index (χ1) is 42.0. The zero-order valence-electron chi connectivity index (χ0n) is 49.7. The summed E-state index contributed by atoms with van der Waals surface area (Å²) < 4.78 is 0. The number of aliphatic hydroxyl groups is 1. The predicted molar refractivity (Wildman–Crippen MR) is 334 cm³/mol. The molecule has 89 heavy (non-hydrogen) atoms. The number of carbonyl (C=O) groups excluding carboxylic acids is 13.